The third-order valence-corrected chi connectivity index (χ3v) is 3.47. The zero-order valence-corrected chi connectivity index (χ0v) is 11.7. The molecule has 2 N–H and O–H groups in total. The van der Waals surface area contributed by atoms with Crippen molar-refractivity contribution >= 4 is 39.8 Å². The van der Waals surface area contributed by atoms with E-state index in [2.05, 4.69) is 9.97 Å². The number of hydrogen-bond donors (Lipinski definition) is 1. The van der Waals surface area contributed by atoms with Crippen molar-refractivity contribution in [3.05, 3.63) is 52.8 Å². The first kappa shape index (κ1) is 13.0. The zero-order valence-electron chi connectivity index (χ0n) is 10.2. The zero-order chi connectivity index (χ0) is 14.1. The highest BCUT2D eigenvalue weighted by Crippen LogP contribution is 2.31. The fraction of sp³-hybridized carbons (Fsp3) is 0. The van der Waals surface area contributed by atoms with Crippen LogP contribution < -0.4 is 10.5 Å². The molecule has 0 unspecified atom stereocenters. The number of ether oxygens (including phenoxy) is 1. The van der Waals surface area contributed by atoms with Crippen LogP contribution in [0.5, 0.6) is 11.6 Å². The quantitative estimate of drug-likeness (QED) is 0.717. The first-order chi connectivity index (χ1) is 9.63. The van der Waals surface area contributed by atoms with Gasteiger partial charge in [0.15, 0.2) is 0 Å². The Labute approximate surface area is 125 Å². The van der Waals surface area contributed by atoms with Crippen molar-refractivity contribution in [2.24, 2.45) is 0 Å². The molecule has 100 valence electrons. The largest absolute Gasteiger partial charge is 0.438 e. The normalized spacial score (nSPS) is 10.7. The molecule has 2 aromatic carbocycles. The second kappa shape index (κ2) is 5.15. The van der Waals surface area contributed by atoms with Crippen LogP contribution in [0.1, 0.15) is 0 Å². The van der Waals surface area contributed by atoms with Crippen LogP contribution in [0.15, 0.2) is 42.7 Å². The lowest BCUT2D eigenvalue weighted by molar-refractivity contribution is 0.468. The van der Waals surface area contributed by atoms with Gasteiger partial charge in [0, 0.05) is 11.8 Å². The van der Waals surface area contributed by atoms with Gasteiger partial charge in [-0.05, 0) is 30.3 Å². The summed E-state index contributed by atoms with van der Waals surface area (Å²) in [6.45, 7) is 0. The van der Waals surface area contributed by atoms with E-state index in [1.807, 2.05) is 6.07 Å². The lowest BCUT2D eigenvalue weighted by Gasteiger charge is -2.08. The van der Waals surface area contributed by atoms with Crippen molar-refractivity contribution in [2.75, 3.05) is 5.73 Å². The lowest BCUT2D eigenvalue weighted by Crippen LogP contribution is -1.92. The van der Waals surface area contributed by atoms with Crippen molar-refractivity contribution in [1.29, 1.82) is 0 Å². The number of fused-ring (bicyclic) bond motifs is 1. The van der Waals surface area contributed by atoms with Crippen LogP contribution in [-0.2, 0) is 0 Å². The molecule has 0 aliphatic carbocycles. The Balaban J connectivity index is 2.04. The Morgan fingerprint density at radius 1 is 0.950 bits per heavy atom. The van der Waals surface area contributed by atoms with Gasteiger partial charge >= 0.3 is 0 Å². The molecule has 0 spiro atoms. The van der Waals surface area contributed by atoms with E-state index in [0.717, 1.165) is 10.9 Å². The van der Waals surface area contributed by atoms with Crippen LogP contribution in [0, 0.1) is 0 Å². The Kier molecular flexibility index (Phi) is 3.34. The van der Waals surface area contributed by atoms with Gasteiger partial charge in [0.25, 0.3) is 0 Å². The molecular formula is C14H9Cl2N3O. The molecule has 3 aromatic rings. The summed E-state index contributed by atoms with van der Waals surface area (Å²) >= 11 is 11.8. The molecule has 3 rings (SSSR count). The number of nitrogens with two attached hydrogens (primary N) is 1. The molecular weight excluding hydrogens is 297 g/mol. The van der Waals surface area contributed by atoms with Crippen LogP contribution >= 0.6 is 23.2 Å². The van der Waals surface area contributed by atoms with Gasteiger partial charge in [-0.1, -0.05) is 23.2 Å². The van der Waals surface area contributed by atoms with Gasteiger partial charge in [-0.2, -0.15) is 0 Å². The van der Waals surface area contributed by atoms with E-state index >= 15 is 0 Å². The van der Waals surface area contributed by atoms with Gasteiger partial charge < -0.3 is 10.5 Å². The highest BCUT2D eigenvalue weighted by atomic mass is 35.5. The van der Waals surface area contributed by atoms with Crippen molar-refractivity contribution < 1.29 is 4.74 Å². The van der Waals surface area contributed by atoms with Crippen LogP contribution in [-0.4, -0.2) is 9.97 Å². The summed E-state index contributed by atoms with van der Waals surface area (Å²) in [6, 6.07) is 10.4. The summed E-state index contributed by atoms with van der Waals surface area (Å²) in [5.41, 5.74) is 7.08. The minimum absolute atomic E-state index is 0.423. The monoisotopic (exact) mass is 305 g/mol. The summed E-state index contributed by atoms with van der Waals surface area (Å²) in [5, 5.41) is 1.67. The number of rotatable bonds is 2. The fourth-order valence-electron chi connectivity index (χ4n) is 1.78. The van der Waals surface area contributed by atoms with Gasteiger partial charge in [-0.25, -0.2) is 9.97 Å². The summed E-state index contributed by atoms with van der Waals surface area (Å²) < 4.78 is 5.73. The summed E-state index contributed by atoms with van der Waals surface area (Å²) in [7, 11) is 0. The van der Waals surface area contributed by atoms with Crippen molar-refractivity contribution in [3.63, 3.8) is 0 Å². The number of nitrogen functional groups attached to an aromatic ring is 1. The molecule has 0 bridgehead atoms. The number of anilines is 1. The van der Waals surface area contributed by atoms with E-state index in [1.165, 1.54) is 6.33 Å². The number of aromatic nitrogens is 2. The molecule has 0 atom stereocenters. The predicted molar refractivity (Wildman–Crippen MR) is 80.5 cm³/mol. The molecule has 0 fully saturated rings. The molecule has 0 radical (unpaired) electrons. The number of hydrogen-bond acceptors (Lipinski definition) is 4. The Morgan fingerprint density at radius 3 is 2.60 bits per heavy atom. The van der Waals surface area contributed by atoms with E-state index in [4.69, 9.17) is 33.7 Å². The molecule has 20 heavy (non-hydrogen) atoms. The molecule has 0 saturated carbocycles. The lowest BCUT2D eigenvalue weighted by atomic mass is 10.2. The fourth-order valence-corrected chi connectivity index (χ4v) is 2.07. The van der Waals surface area contributed by atoms with Gasteiger partial charge in [0.2, 0.25) is 5.88 Å². The van der Waals surface area contributed by atoms with Gasteiger partial charge in [-0.3, -0.25) is 0 Å². The minimum Gasteiger partial charge on any atom is -0.438 e. The van der Waals surface area contributed by atoms with E-state index in [1.54, 1.807) is 30.3 Å². The molecule has 0 saturated heterocycles. The minimum atomic E-state index is 0.423. The third kappa shape index (κ3) is 2.48. The van der Waals surface area contributed by atoms with Gasteiger partial charge in [0.05, 0.1) is 20.9 Å². The van der Waals surface area contributed by atoms with Crippen LogP contribution in [0.4, 0.5) is 5.69 Å². The number of benzene rings is 2. The average Bonchev–Trinajstić information content (AvgIpc) is 2.43. The third-order valence-electron chi connectivity index (χ3n) is 2.73. The van der Waals surface area contributed by atoms with Crippen molar-refractivity contribution in [1.82, 2.24) is 9.97 Å². The van der Waals surface area contributed by atoms with E-state index < -0.39 is 0 Å². The highest BCUT2D eigenvalue weighted by molar-refractivity contribution is 6.42. The van der Waals surface area contributed by atoms with Gasteiger partial charge in [-0.15, -0.1) is 0 Å². The molecule has 6 heteroatoms. The standard InChI is InChI=1S/C14H9Cl2N3O/c15-11-4-2-9(6-12(11)16)20-14-10-3-1-8(17)5-13(10)18-7-19-14/h1-7H,17H2. The van der Waals surface area contributed by atoms with Gasteiger partial charge in [0.1, 0.15) is 12.1 Å². The molecule has 1 aromatic heterocycles. The van der Waals surface area contributed by atoms with E-state index in [0.29, 0.717) is 27.4 Å². The number of nitrogens with zero attached hydrogens (tertiary/aromatic N) is 2. The van der Waals surface area contributed by atoms with Crippen molar-refractivity contribution in [2.45, 2.75) is 0 Å². The second-order valence-electron chi connectivity index (χ2n) is 4.13. The molecule has 0 aliphatic heterocycles. The average molecular weight is 306 g/mol. The van der Waals surface area contributed by atoms with Crippen LogP contribution in [0.25, 0.3) is 10.9 Å². The predicted octanol–water partition coefficient (Wildman–Crippen LogP) is 4.31. The SMILES string of the molecule is Nc1ccc2c(Oc3ccc(Cl)c(Cl)c3)ncnc2c1. The maximum absolute atomic E-state index is 5.96. The van der Waals surface area contributed by atoms with E-state index in [9.17, 15) is 0 Å². The maximum Gasteiger partial charge on any atom is 0.230 e. The molecule has 1 heterocycles. The Morgan fingerprint density at radius 2 is 1.80 bits per heavy atom. The molecule has 4 nitrogen and oxygen atoms in total. The molecule has 0 amide bonds. The molecule has 0 aliphatic rings. The van der Waals surface area contributed by atoms with E-state index in [-0.39, 0.29) is 0 Å². The van der Waals surface area contributed by atoms with Crippen molar-refractivity contribution in [3.8, 4) is 11.6 Å². The Bertz CT molecular complexity index is 792. The first-order valence-corrected chi connectivity index (χ1v) is 6.52. The summed E-state index contributed by atoms with van der Waals surface area (Å²) in [4.78, 5) is 8.29. The topological polar surface area (TPSA) is 61.0 Å². The van der Waals surface area contributed by atoms with Crippen LogP contribution in [0.3, 0.4) is 0 Å². The summed E-state index contributed by atoms with van der Waals surface area (Å²) in [6.07, 6.45) is 1.43. The van der Waals surface area contributed by atoms with Crippen LogP contribution in [0.2, 0.25) is 10.0 Å². The smallest absolute Gasteiger partial charge is 0.230 e. The first-order valence-electron chi connectivity index (χ1n) is 5.76. The summed E-state index contributed by atoms with van der Waals surface area (Å²) in [5.74, 6) is 0.990. The maximum atomic E-state index is 5.96. The Hall–Kier alpha value is -2.04. The highest BCUT2D eigenvalue weighted by Gasteiger charge is 2.07. The second-order valence-corrected chi connectivity index (χ2v) is 4.95. The number of halogens is 2.